The third-order valence-corrected chi connectivity index (χ3v) is 5.52. The highest BCUT2D eigenvalue weighted by Crippen LogP contribution is 2.29. The van der Waals surface area contributed by atoms with Crippen molar-refractivity contribution in [2.75, 3.05) is 26.3 Å². The van der Waals surface area contributed by atoms with Gasteiger partial charge in [-0.15, -0.1) is 0 Å². The van der Waals surface area contributed by atoms with Gasteiger partial charge >= 0.3 is 6.09 Å². The molecule has 2 aliphatic rings. The van der Waals surface area contributed by atoms with Crippen LogP contribution < -0.4 is 5.32 Å². The summed E-state index contributed by atoms with van der Waals surface area (Å²) in [5, 5.41) is 13.1. The zero-order valence-electron chi connectivity index (χ0n) is 18.3. The molecule has 2 N–H and O–H groups in total. The van der Waals surface area contributed by atoms with Crippen LogP contribution in [0.5, 0.6) is 0 Å². The lowest BCUT2D eigenvalue weighted by Crippen LogP contribution is -2.47. The SMILES string of the molecule is CC(C)(C)OC(=O)NC/C(=C\F)C(O)c1ccc2c(c1)CCN(C1CCOCC1)C2=O. The summed E-state index contributed by atoms with van der Waals surface area (Å²) >= 11 is 0. The number of nitrogens with one attached hydrogen (secondary N) is 1. The van der Waals surface area contributed by atoms with Crippen LogP contribution in [-0.2, 0) is 15.9 Å². The molecule has 1 aromatic carbocycles. The molecule has 1 saturated heterocycles. The molecule has 0 bridgehead atoms. The normalized spacial score (nSPS) is 19.1. The minimum absolute atomic E-state index is 0.00298. The van der Waals surface area contributed by atoms with E-state index in [9.17, 15) is 19.1 Å². The molecule has 1 unspecified atom stereocenters. The van der Waals surface area contributed by atoms with Crippen molar-refractivity contribution in [2.24, 2.45) is 0 Å². The Hall–Kier alpha value is -2.45. The zero-order valence-corrected chi connectivity index (χ0v) is 18.3. The summed E-state index contributed by atoms with van der Waals surface area (Å²) in [6.07, 6.45) is 0.709. The first-order chi connectivity index (χ1) is 14.7. The van der Waals surface area contributed by atoms with Gasteiger partial charge in [-0.25, -0.2) is 9.18 Å². The molecule has 8 heteroatoms. The first-order valence-electron chi connectivity index (χ1n) is 10.6. The number of ether oxygens (including phenoxy) is 2. The fraction of sp³-hybridized carbons (Fsp3) is 0.565. The Morgan fingerprint density at radius 2 is 2.10 bits per heavy atom. The smallest absolute Gasteiger partial charge is 0.407 e. The average Bonchev–Trinajstić information content (AvgIpc) is 2.73. The summed E-state index contributed by atoms with van der Waals surface area (Å²) in [5.41, 5.74) is 1.25. The molecular formula is C23H31FN2O5. The number of amides is 2. The minimum Gasteiger partial charge on any atom is -0.444 e. The van der Waals surface area contributed by atoms with Crippen molar-refractivity contribution in [1.82, 2.24) is 10.2 Å². The fourth-order valence-corrected chi connectivity index (χ4v) is 3.94. The van der Waals surface area contributed by atoms with Gasteiger partial charge < -0.3 is 24.8 Å². The maximum Gasteiger partial charge on any atom is 0.407 e. The van der Waals surface area contributed by atoms with Gasteiger partial charge in [-0.05, 0) is 57.2 Å². The number of hydrogen-bond acceptors (Lipinski definition) is 5. The average molecular weight is 435 g/mol. The molecule has 2 heterocycles. The maximum absolute atomic E-state index is 13.5. The van der Waals surface area contributed by atoms with Gasteiger partial charge in [-0.1, -0.05) is 12.1 Å². The van der Waals surface area contributed by atoms with E-state index in [0.717, 1.165) is 18.4 Å². The predicted octanol–water partition coefficient (Wildman–Crippen LogP) is 3.28. The van der Waals surface area contributed by atoms with Crippen molar-refractivity contribution in [3.8, 4) is 0 Å². The number of benzene rings is 1. The maximum atomic E-state index is 13.5. The monoisotopic (exact) mass is 434 g/mol. The molecule has 7 nitrogen and oxygen atoms in total. The van der Waals surface area contributed by atoms with Crippen molar-refractivity contribution in [3.05, 3.63) is 46.8 Å². The molecule has 2 amide bonds. The number of halogens is 1. The Kier molecular flexibility index (Phi) is 7.33. The molecule has 0 aliphatic carbocycles. The van der Waals surface area contributed by atoms with Gasteiger partial charge in [0.15, 0.2) is 0 Å². The highest BCUT2D eigenvalue weighted by atomic mass is 19.1. The highest BCUT2D eigenvalue weighted by molar-refractivity contribution is 5.97. The summed E-state index contributed by atoms with van der Waals surface area (Å²) in [5.74, 6) is -0.0120. The molecular weight excluding hydrogens is 403 g/mol. The van der Waals surface area contributed by atoms with E-state index in [4.69, 9.17) is 9.47 Å². The van der Waals surface area contributed by atoms with Crippen LogP contribution in [0.1, 0.15) is 61.2 Å². The van der Waals surface area contributed by atoms with Crippen LogP contribution in [0, 0.1) is 0 Å². The molecule has 0 radical (unpaired) electrons. The van der Waals surface area contributed by atoms with E-state index in [1.54, 1.807) is 39.0 Å². The number of aliphatic hydroxyl groups excluding tert-OH is 1. The van der Waals surface area contributed by atoms with E-state index >= 15 is 0 Å². The Bertz CT molecular complexity index is 843. The molecule has 2 aliphatic heterocycles. The van der Waals surface area contributed by atoms with Crippen LogP contribution in [0.15, 0.2) is 30.1 Å². The van der Waals surface area contributed by atoms with E-state index in [1.165, 1.54) is 0 Å². The van der Waals surface area contributed by atoms with Crippen molar-refractivity contribution in [2.45, 2.75) is 57.8 Å². The van der Waals surface area contributed by atoms with Gasteiger partial charge in [-0.2, -0.15) is 0 Å². The molecule has 31 heavy (non-hydrogen) atoms. The molecule has 1 aromatic rings. The zero-order chi connectivity index (χ0) is 22.6. The summed E-state index contributed by atoms with van der Waals surface area (Å²) < 4.78 is 24.0. The lowest BCUT2D eigenvalue weighted by atomic mass is 9.91. The molecule has 1 fully saturated rings. The first-order valence-corrected chi connectivity index (χ1v) is 10.6. The van der Waals surface area contributed by atoms with Crippen molar-refractivity contribution in [3.63, 3.8) is 0 Å². The van der Waals surface area contributed by atoms with E-state index in [-0.39, 0.29) is 24.1 Å². The molecule has 0 spiro atoms. The van der Waals surface area contributed by atoms with Gasteiger partial charge in [-0.3, -0.25) is 4.79 Å². The van der Waals surface area contributed by atoms with Gasteiger partial charge in [0, 0.05) is 43.5 Å². The van der Waals surface area contributed by atoms with Gasteiger partial charge in [0.1, 0.15) is 11.7 Å². The number of nitrogens with zero attached hydrogens (tertiary/aromatic N) is 1. The molecule has 170 valence electrons. The number of fused-ring (bicyclic) bond motifs is 1. The molecule has 0 saturated carbocycles. The lowest BCUT2D eigenvalue weighted by Gasteiger charge is -2.37. The first kappa shape index (κ1) is 23.2. The number of carbonyl (C=O) groups is 2. The molecule has 1 atom stereocenters. The Morgan fingerprint density at radius 3 is 2.74 bits per heavy atom. The summed E-state index contributed by atoms with van der Waals surface area (Å²) in [7, 11) is 0. The number of alkyl carbamates (subject to hydrolysis) is 1. The third kappa shape index (κ3) is 5.83. The van der Waals surface area contributed by atoms with Crippen LogP contribution >= 0.6 is 0 Å². The van der Waals surface area contributed by atoms with Crippen molar-refractivity contribution in [1.29, 1.82) is 0 Å². The number of rotatable bonds is 5. The lowest BCUT2D eigenvalue weighted by molar-refractivity contribution is 0.0276. The van der Waals surface area contributed by atoms with Crippen LogP contribution in [0.4, 0.5) is 9.18 Å². The Labute approximate surface area is 182 Å². The quantitative estimate of drug-likeness (QED) is 0.743. The Balaban J connectivity index is 1.67. The third-order valence-electron chi connectivity index (χ3n) is 5.52. The van der Waals surface area contributed by atoms with Crippen LogP contribution in [-0.4, -0.2) is 60.0 Å². The summed E-state index contributed by atoms with van der Waals surface area (Å²) in [6.45, 7) is 6.94. The summed E-state index contributed by atoms with van der Waals surface area (Å²) in [4.78, 5) is 26.7. The van der Waals surface area contributed by atoms with Gasteiger partial charge in [0.05, 0.1) is 6.33 Å². The van der Waals surface area contributed by atoms with Crippen LogP contribution in [0.25, 0.3) is 0 Å². The predicted molar refractivity (Wildman–Crippen MR) is 113 cm³/mol. The fourth-order valence-electron chi connectivity index (χ4n) is 3.94. The van der Waals surface area contributed by atoms with Gasteiger partial charge in [0.25, 0.3) is 5.91 Å². The Morgan fingerprint density at radius 1 is 1.39 bits per heavy atom. The van der Waals surface area contributed by atoms with E-state index in [0.29, 0.717) is 43.6 Å². The second kappa shape index (κ2) is 9.78. The van der Waals surface area contributed by atoms with E-state index < -0.39 is 17.8 Å². The number of hydrogen-bond donors (Lipinski definition) is 2. The van der Waals surface area contributed by atoms with Gasteiger partial charge in [0.2, 0.25) is 0 Å². The van der Waals surface area contributed by atoms with E-state index in [1.807, 2.05) is 4.90 Å². The second-order valence-electron chi connectivity index (χ2n) is 8.95. The highest BCUT2D eigenvalue weighted by Gasteiger charge is 2.31. The minimum atomic E-state index is -1.24. The topological polar surface area (TPSA) is 88.1 Å². The largest absolute Gasteiger partial charge is 0.444 e. The van der Waals surface area contributed by atoms with Crippen molar-refractivity contribution < 1.29 is 28.6 Å². The van der Waals surface area contributed by atoms with E-state index in [2.05, 4.69) is 5.32 Å². The number of aliphatic hydroxyl groups is 1. The van der Waals surface area contributed by atoms with Crippen LogP contribution in [0.3, 0.4) is 0 Å². The molecule has 3 rings (SSSR count). The number of carbonyl (C=O) groups excluding carboxylic acids is 2. The van der Waals surface area contributed by atoms with Crippen molar-refractivity contribution >= 4 is 12.0 Å². The standard InChI is InChI=1S/C23H31FN2O5/c1-23(2,3)31-22(29)25-14-17(13-24)20(27)16-4-5-19-15(12-16)6-9-26(21(19)28)18-7-10-30-11-8-18/h4-5,12-13,18,20,27H,6-11,14H2,1-3H3,(H,25,29)/b17-13+. The second-order valence-corrected chi connectivity index (χ2v) is 8.95. The molecule has 0 aromatic heterocycles. The summed E-state index contributed by atoms with van der Waals surface area (Å²) in [6, 6.07) is 5.26. The van der Waals surface area contributed by atoms with Crippen LogP contribution in [0.2, 0.25) is 0 Å².